The van der Waals surface area contributed by atoms with Crippen molar-refractivity contribution in [3.05, 3.63) is 40.6 Å². The summed E-state index contributed by atoms with van der Waals surface area (Å²) in [5, 5.41) is 6.50. The highest BCUT2D eigenvalue weighted by Crippen LogP contribution is 2.20. The Bertz CT molecular complexity index is 619. The lowest BCUT2D eigenvalue weighted by molar-refractivity contribution is 0.102. The first kappa shape index (κ1) is 13.1. The Hall–Kier alpha value is -2.34. The van der Waals surface area contributed by atoms with Gasteiger partial charge in [-0.15, -0.1) is 0 Å². The number of nitrogens with one attached hydrogen (secondary N) is 2. The minimum Gasteiger partial charge on any atom is -0.338 e. The van der Waals surface area contributed by atoms with E-state index in [4.69, 9.17) is 10.4 Å². The lowest BCUT2D eigenvalue weighted by Crippen LogP contribution is -2.14. The Morgan fingerprint density at radius 2 is 2.05 bits per heavy atom. The van der Waals surface area contributed by atoms with Crippen LogP contribution in [0.1, 0.15) is 27.2 Å². The van der Waals surface area contributed by atoms with Crippen LogP contribution in [-0.4, -0.2) is 11.1 Å². The smallest absolute Gasteiger partial charge is 0.258 e. The van der Waals surface area contributed by atoms with Gasteiger partial charge in [-0.1, -0.05) is 5.16 Å². The van der Waals surface area contributed by atoms with Crippen LogP contribution in [0.2, 0.25) is 0 Å². The van der Waals surface area contributed by atoms with Gasteiger partial charge in [-0.3, -0.25) is 16.0 Å². The second-order valence-corrected chi connectivity index (χ2v) is 4.35. The number of nitrogen functional groups attached to an aromatic ring is 1. The van der Waals surface area contributed by atoms with Crippen molar-refractivity contribution in [2.45, 2.75) is 20.8 Å². The average Bonchev–Trinajstić information content (AvgIpc) is 2.70. The molecular weight excluding hydrogens is 244 g/mol. The van der Waals surface area contributed by atoms with Gasteiger partial charge in [-0.2, -0.15) is 0 Å². The number of rotatable bonds is 3. The van der Waals surface area contributed by atoms with Crippen LogP contribution in [0.5, 0.6) is 0 Å². The fourth-order valence-corrected chi connectivity index (χ4v) is 1.71. The number of aryl methyl sites for hydroxylation is 2. The Labute approximate surface area is 110 Å². The molecule has 1 aromatic carbocycles. The van der Waals surface area contributed by atoms with Crippen molar-refractivity contribution >= 4 is 17.5 Å². The topological polar surface area (TPSA) is 93.2 Å². The zero-order valence-corrected chi connectivity index (χ0v) is 11.1. The summed E-state index contributed by atoms with van der Waals surface area (Å²) in [6.07, 6.45) is 0. The van der Waals surface area contributed by atoms with Gasteiger partial charge in [0.25, 0.3) is 5.91 Å². The molecule has 0 saturated carbocycles. The Morgan fingerprint density at radius 3 is 2.58 bits per heavy atom. The molecule has 4 N–H and O–H groups in total. The zero-order chi connectivity index (χ0) is 14.0. The lowest BCUT2D eigenvalue weighted by Gasteiger charge is -2.08. The van der Waals surface area contributed by atoms with Gasteiger partial charge in [0.1, 0.15) is 0 Å². The fraction of sp³-hybridized carbons (Fsp3) is 0.231. The molecule has 6 nitrogen and oxygen atoms in total. The van der Waals surface area contributed by atoms with E-state index < -0.39 is 0 Å². The number of aromatic nitrogens is 1. The van der Waals surface area contributed by atoms with E-state index in [0.29, 0.717) is 11.4 Å². The highest BCUT2D eigenvalue weighted by Gasteiger charge is 2.14. The van der Waals surface area contributed by atoms with Gasteiger partial charge in [0, 0.05) is 16.8 Å². The normalized spacial score (nSPS) is 10.3. The summed E-state index contributed by atoms with van der Waals surface area (Å²) < 4.78 is 5.06. The molecule has 0 aliphatic rings. The highest BCUT2D eigenvalue weighted by atomic mass is 16.5. The van der Waals surface area contributed by atoms with Gasteiger partial charge >= 0.3 is 0 Å². The summed E-state index contributed by atoms with van der Waals surface area (Å²) in [7, 11) is 0. The van der Waals surface area contributed by atoms with Crippen LogP contribution in [0, 0.1) is 20.8 Å². The van der Waals surface area contributed by atoms with E-state index in [9.17, 15) is 4.79 Å². The molecule has 19 heavy (non-hydrogen) atoms. The highest BCUT2D eigenvalue weighted by molar-refractivity contribution is 6.05. The minimum absolute atomic E-state index is 0.236. The van der Waals surface area contributed by atoms with Crippen LogP contribution in [-0.2, 0) is 0 Å². The van der Waals surface area contributed by atoms with E-state index in [-0.39, 0.29) is 5.91 Å². The molecule has 0 fully saturated rings. The maximum Gasteiger partial charge on any atom is 0.258 e. The summed E-state index contributed by atoms with van der Waals surface area (Å²) >= 11 is 0. The molecule has 100 valence electrons. The van der Waals surface area contributed by atoms with Crippen molar-refractivity contribution in [2.75, 3.05) is 10.7 Å². The molecule has 0 bridgehead atoms. The number of anilines is 2. The number of hydrogen-bond acceptors (Lipinski definition) is 5. The first-order chi connectivity index (χ1) is 9.02. The van der Waals surface area contributed by atoms with Crippen molar-refractivity contribution in [2.24, 2.45) is 5.84 Å². The van der Waals surface area contributed by atoms with Crippen molar-refractivity contribution in [1.29, 1.82) is 0 Å². The Morgan fingerprint density at radius 1 is 1.32 bits per heavy atom. The molecule has 2 aromatic rings. The molecular formula is C13H16N4O2. The third-order valence-corrected chi connectivity index (χ3v) is 3.02. The van der Waals surface area contributed by atoms with Crippen LogP contribution in [0.3, 0.4) is 0 Å². The maximum absolute atomic E-state index is 12.1. The van der Waals surface area contributed by atoms with E-state index in [1.165, 1.54) is 0 Å². The lowest BCUT2D eigenvalue weighted by atomic mass is 10.1. The van der Waals surface area contributed by atoms with Gasteiger partial charge in [-0.05, 0) is 44.5 Å². The molecule has 1 aromatic heterocycles. The van der Waals surface area contributed by atoms with Crippen LogP contribution in [0.25, 0.3) is 0 Å². The largest absolute Gasteiger partial charge is 0.338 e. The predicted octanol–water partition coefficient (Wildman–Crippen LogP) is 2.14. The van der Waals surface area contributed by atoms with Crippen molar-refractivity contribution in [1.82, 2.24) is 5.16 Å². The zero-order valence-electron chi connectivity index (χ0n) is 11.1. The van der Waals surface area contributed by atoms with Crippen LogP contribution in [0.15, 0.2) is 22.7 Å². The number of benzene rings is 1. The number of nitrogens with zero attached hydrogens (tertiary/aromatic N) is 1. The molecule has 0 atom stereocenters. The summed E-state index contributed by atoms with van der Waals surface area (Å²) in [6, 6.07) is 5.24. The molecule has 2 rings (SSSR count). The summed E-state index contributed by atoms with van der Waals surface area (Å²) in [5.41, 5.74) is 6.25. The van der Waals surface area contributed by atoms with Gasteiger partial charge in [0.05, 0.1) is 5.69 Å². The maximum atomic E-state index is 12.1. The first-order valence-electron chi connectivity index (χ1n) is 5.84. The molecule has 6 heteroatoms. The third kappa shape index (κ3) is 2.58. The summed E-state index contributed by atoms with van der Waals surface area (Å²) in [5.74, 6) is 5.46. The molecule has 0 radical (unpaired) electrons. The van der Waals surface area contributed by atoms with E-state index in [1.807, 2.05) is 20.8 Å². The quantitative estimate of drug-likeness (QED) is 0.580. The molecule has 1 amide bonds. The van der Waals surface area contributed by atoms with Gasteiger partial charge in [0.15, 0.2) is 0 Å². The van der Waals surface area contributed by atoms with Crippen LogP contribution >= 0.6 is 0 Å². The number of hydrazine groups is 1. The number of hydrogen-bond donors (Lipinski definition) is 3. The third-order valence-electron chi connectivity index (χ3n) is 3.02. The van der Waals surface area contributed by atoms with E-state index >= 15 is 0 Å². The van der Waals surface area contributed by atoms with E-state index in [0.717, 1.165) is 22.5 Å². The minimum atomic E-state index is -0.236. The van der Waals surface area contributed by atoms with Crippen LogP contribution < -0.4 is 16.6 Å². The number of carbonyl (C=O) groups is 1. The second-order valence-electron chi connectivity index (χ2n) is 4.35. The monoisotopic (exact) mass is 260 g/mol. The predicted molar refractivity (Wildman–Crippen MR) is 72.9 cm³/mol. The molecule has 1 heterocycles. The SMILES string of the molecule is Cc1cc(NN)ccc1C(=O)Nc1onc(C)c1C. The molecule has 0 unspecified atom stereocenters. The molecule has 0 aliphatic heterocycles. The van der Waals surface area contributed by atoms with Crippen molar-refractivity contribution in [3.63, 3.8) is 0 Å². The molecule has 0 spiro atoms. The Kier molecular flexibility index (Phi) is 3.52. The van der Waals surface area contributed by atoms with E-state index in [2.05, 4.69) is 15.9 Å². The second kappa shape index (κ2) is 5.11. The summed E-state index contributed by atoms with van der Waals surface area (Å²) in [6.45, 7) is 5.51. The Balaban J connectivity index is 2.23. The van der Waals surface area contributed by atoms with Crippen molar-refractivity contribution < 1.29 is 9.32 Å². The van der Waals surface area contributed by atoms with Gasteiger partial charge in [0.2, 0.25) is 5.88 Å². The first-order valence-corrected chi connectivity index (χ1v) is 5.84. The van der Waals surface area contributed by atoms with Crippen LogP contribution in [0.4, 0.5) is 11.6 Å². The number of nitrogens with two attached hydrogens (primary N) is 1. The summed E-state index contributed by atoms with van der Waals surface area (Å²) in [4.78, 5) is 12.1. The molecule has 0 saturated heterocycles. The van der Waals surface area contributed by atoms with Gasteiger partial charge in [-0.25, -0.2) is 0 Å². The van der Waals surface area contributed by atoms with Crippen molar-refractivity contribution in [3.8, 4) is 0 Å². The average molecular weight is 260 g/mol. The fourth-order valence-electron chi connectivity index (χ4n) is 1.71. The van der Waals surface area contributed by atoms with E-state index in [1.54, 1.807) is 18.2 Å². The number of carbonyl (C=O) groups excluding carboxylic acids is 1. The number of amides is 1. The molecule has 0 aliphatic carbocycles. The standard InChI is InChI=1S/C13H16N4O2/c1-7-6-10(16-14)4-5-11(7)12(18)15-13-8(2)9(3)17-19-13/h4-6,16H,14H2,1-3H3,(H,15,18). The van der Waals surface area contributed by atoms with Gasteiger partial charge < -0.3 is 9.95 Å².